The predicted octanol–water partition coefficient (Wildman–Crippen LogP) is 4.74. The van der Waals surface area contributed by atoms with Crippen LogP contribution in [0, 0.1) is 11.8 Å². The van der Waals surface area contributed by atoms with Crippen LogP contribution in [0.1, 0.15) is 64.2 Å². The number of aliphatic hydroxyl groups is 1. The van der Waals surface area contributed by atoms with Crippen molar-refractivity contribution in [1.82, 2.24) is 0 Å². The van der Waals surface area contributed by atoms with Crippen LogP contribution in [0.25, 0.3) is 0 Å². The second kappa shape index (κ2) is 7.58. The normalized spacial score (nSPS) is 13.3. The van der Waals surface area contributed by atoms with Crippen molar-refractivity contribution in [2.24, 2.45) is 11.8 Å². The van der Waals surface area contributed by atoms with Crippen molar-refractivity contribution >= 4 is 0 Å². The van der Waals surface area contributed by atoms with E-state index in [1.165, 1.54) is 12.0 Å². The van der Waals surface area contributed by atoms with Crippen molar-refractivity contribution in [3.8, 4) is 0 Å². The molecule has 0 heterocycles. The molecule has 1 aromatic carbocycles. The van der Waals surface area contributed by atoms with Gasteiger partial charge in [-0.2, -0.15) is 0 Å². The third-order valence-electron chi connectivity index (χ3n) is 3.27. The maximum atomic E-state index is 10.1. The topological polar surface area (TPSA) is 20.2 Å². The third kappa shape index (κ3) is 5.68. The highest BCUT2D eigenvalue weighted by molar-refractivity contribution is 5.24. The molecule has 0 aromatic heterocycles. The zero-order chi connectivity index (χ0) is 13.5. The average Bonchev–Trinajstić information content (AvgIpc) is 2.28. The summed E-state index contributed by atoms with van der Waals surface area (Å²) in [4.78, 5) is 0. The van der Waals surface area contributed by atoms with Crippen LogP contribution in [0.2, 0.25) is 0 Å². The molecule has 0 aliphatic rings. The molecule has 18 heavy (non-hydrogen) atoms. The average molecular weight is 248 g/mol. The van der Waals surface area contributed by atoms with E-state index in [0.29, 0.717) is 5.92 Å². The minimum atomic E-state index is -0.295. The Kier molecular flexibility index (Phi) is 6.42. The molecule has 0 fully saturated rings. The molecule has 1 rings (SSSR count). The fourth-order valence-corrected chi connectivity index (χ4v) is 2.23. The minimum Gasteiger partial charge on any atom is -0.388 e. The van der Waals surface area contributed by atoms with Crippen molar-refractivity contribution in [1.29, 1.82) is 0 Å². The van der Waals surface area contributed by atoms with Gasteiger partial charge in [-0.1, -0.05) is 64.8 Å². The Balaban J connectivity index is 2.46. The van der Waals surface area contributed by atoms with Gasteiger partial charge >= 0.3 is 0 Å². The SMILES string of the molecule is CC(C)CCCC(O)c1ccc(CC(C)C)cc1. The summed E-state index contributed by atoms with van der Waals surface area (Å²) in [6, 6.07) is 8.47. The molecule has 0 aliphatic heterocycles. The molecule has 102 valence electrons. The molecular weight excluding hydrogens is 220 g/mol. The van der Waals surface area contributed by atoms with Crippen molar-refractivity contribution in [3.63, 3.8) is 0 Å². The Labute approximate surface area is 112 Å². The van der Waals surface area contributed by atoms with Gasteiger partial charge in [0.25, 0.3) is 0 Å². The Morgan fingerprint density at radius 1 is 0.889 bits per heavy atom. The summed E-state index contributed by atoms with van der Waals surface area (Å²) in [5, 5.41) is 10.1. The van der Waals surface area contributed by atoms with Gasteiger partial charge in [0.2, 0.25) is 0 Å². The summed E-state index contributed by atoms with van der Waals surface area (Å²) >= 11 is 0. The van der Waals surface area contributed by atoms with E-state index in [1.54, 1.807) is 0 Å². The van der Waals surface area contributed by atoms with Crippen LogP contribution in [0.3, 0.4) is 0 Å². The van der Waals surface area contributed by atoms with Crippen molar-refractivity contribution < 1.29 is 5.11 Å². The molecule has 1 atom stereocenters. The van der Waals surface area contributed by atoms with E-state index >= 15 is 0 Å². The number of aliphatic hydroxyl groups excluding tert-OH is 1. The molecule has 1 N–H and O–H groups in total. The first kappa shape index (κ1) is 15.2. The van der Waals surface area contributed by atoms with Gasteiger partial charge < -0.3 is 5.11 Å². The zero-order valence-corrected chi connectivity index (χ0v) is 12.3. The van der Waals surface area contributed by atoms with Crippen LogP contribution in [0.4, 0.5) is 0 Å². The molecule has 0 saturated carbocycles. The Hall–Kier alpha value is -0.820. The van der Waals surface area contributed by atoms with Gasteiger partial charge in [0.05, 0.1) is 6.10 Å². The largest absolute Gasteiger partial charge is 0.388 e. The Morgan fingerprint density at radius 3 is 2.00 bits per heavy atom. The molecule has 1 aromatic rings. The lowest BCUT2D eigenvalue weighted by Crippen LogP contribution is -2.00. The van der Waals surface area contributed by atoms with Gasteiger partial charge in [0.15, 0.2) is 0 Å². The van der Waals surface area contributed by atoms with Crippen molar-refractivity contribution in [2.45, 2.75) is 59.5 Å². The summed E-state index contributed by atoms with van der Waals surface area (Å²) in [6.45, 7) is 8.92. The molecule has 0 aliphatic carbocycles. The van der Waals surface area contributed by atoms with Crippen molar-refractivity contribution in [2.75, 3.05) is 0 Å². The van der Waals surface area contributed by atoms with Gasteiger partial charge in [-0.3, -0.25) is 0 Å². The molecule has 0 bridgehead atoms. The van der Waals surface area contributed by atoms with Crippen LogP contribution in [-0.4, -0.2) is 5.11 Å². The summed E-state index contributed by atoms with van der Waals surface area (Å²) in [5.41, 5.74) is 2.43. The van der Waals surface area contributed by atoms with E-state index in [9.17, 15) is 5.11 Å². The Morgan fingerprint density at radius 2 is 1.50 bits per heavy atom. The molecule has 0 saturated heterocycles. The third-order valence-corrected chi connectivity index (χ3v) is 3.27. The summed E-state index contributed by atoms with van der Waals surface area (Å²) in [7, 11) is 0. The van der Waals surface area contributed by atoms with Crippen LogP contribution in [0.5, 0.6) is 0 Å². The quantitative estimate of drug-likeness (QED) is 0.738. The zero-order valence-electron chi connectivity index (χ0n) is 12.3. The minimum absolute atomic E-state index is 0.295. The number of benzene rings is 1. The Bertz CT molecular complexity index is 324. The van der Waals surface area contributed by atoms with Gasteiger partial charge in [0.1, 0.15) is 0 Å². The molecular formula is C17H28O. The highest BCUT2D eigenvalue weighted by Crippen LogP contribution is 2.21. The maximum Gasteiger partial charge on any atom is 0.0790 e. The van der Waals surface area contributed by atoms with E-state index in [-0.39, 0.29) is 6.10 Å². The van der Waals surface area contributed by atoms with Crippen LogP contribution in [0.15, 0.2) is 24.3 Å². The van der Waals surface area contributed by atoms with Crippen LogP contribution in [-0.2, 0) is 6.42 Å². The molecule has 1 nitrogen and oxygen atoms in total. The lowest BCUT2D eigenvalue weighted by molar-refractivity contribution is 0.162. The first-order valence-electron chi connectivity index (χ1n) is 7.26. The number of hydrogen-bond donors (Lipinski definition) is 1. The van der Waals surface area contributed by atoms with E-state index in [4.69, 9.17) is 0 Å². The van der Waals surface area contributed by atoms with Gasteiger partial charge in [-0.05, 0) is 35.8 Å². The fourth-order valence-electron chi connectivity index (χ4n) is 2.23. The van der Waals surface area contributed by atoms with E-state index in [2.05, 4.69) is 52.0 Å². The first-order valence-corrected chi connectivity index (χ1v) is 7.26. The highest BCUT2D eigenvalue weighted by atomic mass is 16.3. The monoisotopic (exact) mass is 248 g/mol. The van der Waals surface area contributed by atoms with Gasteiger partial charge in [-0.15, -0.1) is 0 Å². The fraction of sp³-hybridized carbons (Fsp3) is 0.647. The van der Waals surface area contributed by atoms with E-state index < -0.39 is 0 Å². The van der Waals surface area contributed by atoms with E-state index in [0.717, 1.165) is 30.7 Å². The van der Waals surface area contributed by atoms with Gasteiger partial charge in [-0.25, -0.2) is 0 Å². The van der Waals surface area contributed by atoms with Gasteiger partial charge in [0, 0.05) is 0 Å². The summed E-state index contributed by atoms with van der Waals surface area (Å²) in [5.74, 6) is 1.41. The predicted molar refractivity (Wildman–Crippen MR) is 78.6 cm³/mol. The smallest absolute Gasteiger partial charge is 0.0790 e. The lowest BCUT2D eigenvalue weighted by atomic mass is 9.97. The number of rotatable bonds is 7. The molecule has 0 radical (unpaired) electrons. The highest BCUT2D eigenvalue weighted by Gasteiger charge is 2.08. The molecule has 0 spiro atoms. The maximum absolute atomic E-state index is 10.1. The van der Waals surface area contributed by atoms with Crippen molar-refractivity contribution in [3.05, 3.63) is 35.4 Å². The second-order valence-electron chi connectivity index (χ2n) is 6.18. The summed E-state index contributed by atoms with van der Waals surface area (Å²) in [6.07, 6.45) is 4.00. The van der Waals surface area contributed by atoms with Crippen LogP contribution >= 0.6 is 0 Å². The van der Waals surface area contributed by atoms with Crippen LogP contribution < -0.4 is 0 Å². The second-order valence-corrected chi connectivity index (χ2v) is 6.18. The molecule has 1 heteroatoms. The standard InChI is InChI=1S/C17H28O/c1-13(2)6-5-7-17(18)16-10-8-15(9-11-16)12-14(3)4/h8-11,13-14,17-18H,5-7,12H2,1-4H3. The summed E-state index contributed by atoms with van der Waals surface area (Å²) < 4.78 is 0. The molecule has 0 amide bonds. The number of hydrogen-bond acceptors (Lipinski definition) is 1. The van der Waals surface area contributed by atoms with E-state index in [1.807, 2.05) is 0 Å². The lowest BCUT2D eigenvalue weighted by Gasteiger charge is -2.13. The molecule has 1 unspecified atom stereocenters. The first-order chi connectivity index (χ1) is 8.49.